The highest BCUT2D eigenvalue weighted by Crippen LogP contribution is 2.47. The molecule has 3 aliphatic heterocycles. The summed E-state index contributed by atoms with van der Waals surface area (Å²) in [6.07, 6.45) is 2.25. The van der Waals surface area contributed by atoms with Gasteiger partial charge in [-0.1, -0.05) is 24.3 Å². The third-order valence-corrected chi connectivity index (χ3v) is 11.4. The first-order valence-electron chi connectivity index (χ1n) is 16.7. The number of nitrogens with zero attached hydrogens (tertiary/aromatic N) is 4. The molecule has 49 heavy (non-hydrogen) atoms. The molecule has 1 saturated carbocycles. The molecule has 1 aromatic heterocycles. The van der Waals surface area contributed by atoms with Crippen molar-refractivity contribution in [3.63, 3.8) is 0 Å². The highest BCUT2D eigenvalue weighted by molar-refractivity contribution is 14.1. The molecule has 1 aliphatic carbocycles. The summed E-state index contributed by atoms with van der Waals surface area (Å²) in [5.74, 6) is 0.500. The molecule has 10 nitrogen and oxygen atoms in total. The van der Waals surface area contributed by atoms with E-state index in [4.69, 9.17) is 19.2 Å². The quantitative estimate of drug-likeness (QED) is 0.120. The van der Waals surface area contributed by atoms with Gasteiger partial charge in [0.2, 0.25) is 5.88 Å². The Morgan fingerprint density at radius 1 is 1.27 bits per heavy atom. The summed E-state index contributed by atoms with van der Waals surface area (Å²) >= 11 is 2.22. The zero-order chi connectivity index (χ0) is 34.4. The number of aromatic nitrogens is 1. The van der Waals surface area contributed by atoms with Gasteiger partial charge in [-0.3, -0.25) is 4.90 Å². The van der Waals surface area contributed by atoms with Crippen LogP contribution in [0.2, 0.25) is 0 Å². The maximum absolute atomic E-state index is 17.5. The lowest BCUT2D eigenvalue weighted by Gasteiger charge is -2.37. The zero-order valence-corrected chi connectivity index (χ0v) is 29.9. The predicted molar refractivity (Wildman–Crippen MR) is 194 cm³/mol. The summed E-state index contributed by atoms with van der Waals surface area (Å²) in [5.41, 5.74) is 2.47. The number of benzene rings is 3. The summed E-state index contributed by atoms with van der Waals surface area (Å²) < 4.78 is 35.8. The Balaban J connectivity index is 1.43. The molecule has 8 rings (SSSR count). The number of likely N-dealkylation sites (tertiary alicyclic amines) is 1. The van der Waals surface area contributed by atoms with Crippen LogP contribution in [0.25, 0.3) is 32.8 Å². The number of carboxylic acid groups (broad SMARTS) is 1. The number of fused-ring (bicyclic) bond motifs is 3. The molecule has 4 aromatic rings. The summed E-state index contributed by atoms with van der Waals surface area (Å²) in [6, 6.07) is 15.5. The molecule has 0 spiro atoms. The summed E-state index contributed by atoms with van der Waals surface area (Å²) in [7, 11) is 3.64. The van der Waals surface area contributed by atoms with Crippen molar-refractivity contribution in [3.8, 4) is 28.8 Å². The van der Waals surface area contributed by atoms with E-state index >= 15 is 4.39 Å². The Bertz CT molecular complexity index is 1970. The van der Waals surface area contributed by atoms with Crippen molar-refractivity contribution in [2.75, 3.05) is 39.4 Å². The van der Waals surface area contributed by atoms with Gasteiger partial charge in [0, 0.05) is 43.0 Å². The van der Waals surface area contributed by atoms with Crippen LogP contribution in [0.1, 0.15) is 38.2 Å². The van der Waals surface area contributed by atoms with Crippen LogP contribution in [0.5, 0.6) is 11.6 Å². The molecule has 3 unspecified atom stereocenters. The normalized spacial score (nSPS) is 22.2. The molecular formula is C37H39FIN5O5. The third-order valence-electron chi connectivity index (χ3n) is 10.4. The average molecular weight is 780 g/mol. The second-order valence-corrected chi connectivity index (χ2v) is 14.4. The fraction of sp³-hybridized carbons (Fsp3) is 0.432. The minimum Gasteiger partial charge on any atom is -0.472 e. The highest BCUT2D eigenvalue weighted by atomic mass is 127. The monoisotopic (exact) mass is 779 g/mol. The Labute approximate surface area is 298 Å². The number of nitriles is 1. The SMILES string of the molecule is COCOc1cc(-c2c(CCC#N)cc3c(NC4C5CC4N(C(=O)O)C5)c(I)c(O[C@@H](C)[C@@H]4CCCN4C)nc3c2F)c2ccccc2c1. The first-order valence-corrected chi connectivity index (χ1v) is 17.8. The van der Waals surface area contributed by atoms with Crippen molar-refractivity contribution in [2.45, 2.75) is 63.3 Å². The molecule has 0 radical (unpaired) electrons. The van der Waals surface area contributed by atoms with Gasteiger partial charge in [0.05, 0.1) is 27.4 Å². The molecule has 4 fully saturated rings. The van der Waals surface area contributed by atoms with E-state index in [1.165, 1.54) is 4.90 Å². The Kier molecular flexibility index (Phi) is 9.43. The van der Waals surface area contributed by atoms with Crippen LogP contribution in [0.4, 0.5) is 14.9 Å². The largest absolute Gasteiger partial charge is 0.472 e. The molecule has 5 atom stereocenters. The van der Waals surface area contributed by atoms with Crippen molar-refractivity contribution >= 4 is 56.0 Å². The van der Waals surface area contributed by atoms with Gasteiger partial charge in [0.15, 0.2) is 12.6 Å². The number of nitrogens with one attached hydrogen (secondary N) is 1. The van der Waals surface area contributed by atoms with E-state index in [0.29, 0.717) is 55.9 Å². The number of methoxy groups -OCH3 is 1. The minimum absolute atomic E-state index is 0.0336. The standard InChI is InChI=1S/C37H39FIN5O5/c1-20(28-11-7-13-43(28)2)49-36-32(39)35(41-33-23-16-29(33)44(18-23)37(45)46)27-15-22(9-6-12-40)30(31(38)34(27)42-36)26-17-24(48-19-47-3)14-21-8-4-5-10-25(21)26/h4-5,8,10,14-15,17,20,23,28-29,33H,6-7,9,11,13,16,18-19H2,1-3H3,(H,41,42)(H,45,46)/t20-,23?,28-,29?,33?/m0/s1. The van der Waals surface area contributed by atoms with Crippen molar-refractivity contribution in [1.29, 1.82) is 5.26 Å². The fourth-order valence-corrected chi connectivity index (χ4v) is 8.66. The maximum Gasteiger partial charge on any atom is 0.407 e. The van der Waals surface area contributed by atoms with E-state index in [1.807, 2.05) is 49.4 Å². The number of likely N-dealkylation sites (N-methyl/N-ethyl adjacent to an activating group) is 1. The van der Waals surface area contributed by atoms with Crippen LogP contribution in [0.15, 0.2) is 42.5 Å². The number of hydrogen-bond donors (Lipinski definition) is 2. The number of pyridine rings is 1. The van der Waals surface area contributed by atoms with E-state index in [-0.39, 0.29) is 48.9 Å². The van der Waals surface area contributed by atoms with Gasteiger partial charge in [-0.2, -0.15) is 5.26 Å². The molecule has 12 heteroatoms. The lowest BCUT2D eigenvalue weighted by molar-refractivity contribution is 0.0512. The maximum atomic E-state index is 17.5. The number of carbonyl (C=O) groups is 1. The fourth-order valence-electron chi connectivity index (χ4n) is 7.97. The van der Waals surface area contributed by atoms with Gasteiger partial charge in [-0.25, -0.2) is 14.2 Å². The molecule has 3 aromatic carbocycles. The van der Waals surface area contributed by atoms with E-state index in [1.54, 1.807) is 7.11 Å². The number of amides is 1. The van der Waals surface area contributed by atoms with Gasteiger partial charge in [0.1, 0.15) is 17.4 Å². The molecule has 256 valence electrons. The average Bonchev–Trinajstić information content (AvgIpc) is 3.82. The summed E-state index contributed by atoms with van der Waals surface area (Å²) in [4.78, 5) is 20.6. The Hall–Kier alpha value is -3.93. The van der Waals surface area contributed by atoms with Gasteiger partial charge in [-0.05, 0) is 109 Å². The minimum atomic E-state index is -0.928. The zero-order valence-electron chi connectivity index (χ0n) is 27.7. The smallest absolute Gasteiger partial charge is 0.407 e. The highest BCUT2D eigenvalue weighted by Gasteiger charge is 2.54. The van der Waals surface area contributed by atoms with E-state index in [0.717, 1.165) is 36.6 Å². The van der Waals surface area contributed by atoms with Crippen molar-refractivity contribution < 1.29 is 28.5 Å². The van der Waals surface area contributed by atoms with Crippen LogP contribution >= 0.6 is 22.6 Å². The van der Waals surface area contributed by atoms with E-state index in [2.05, 4.69) is 45.9 Å². The van der Waals surface area contributed by atoms with Crippen molar-refractivity contribution in [3.05, 3.63) is 57.4 Å². The molecule has 3 saturated heterocycles. The lowest BCUT2D eigenvalue weighted by atomic mass is 9.79. The van der Waals surface area contributed by atoms with E-state index < -0.39 is 11.9 Å². The number of rotatable bonds is 11. The molecule has 4 aliphatic rings. The van der Waals surface area contributed by atoms with Crippen LogP contribution < -0.4 is 14.8 Å². The number of halogens is 2. The number of anilines is 1. The molecule has 2 N–H and O–H groups in total. The first kappa shape index (κ1) is 33.6. The van der Waals surface area contributed by atoms with Crippen LogP contribution in [0, 0.1) is 26.6 Å². The first-order chi connectivity index (χ1) is 23.7. The van der Waals surface area contributed by atoms with E-state index in [9.17, 15) is 15.2 Å². The van der Waals surface area contributed by atoms with Gasteiger partial charge >= 0.3 is 6.09 Å². The van der Waals surface area contributed by atoms with Crippen molar-refractivity contribution in [2.24, 2.45) is 5.92 Å². The van der Waals surface area contributed by atoms with Crippen molar-refractivity contribution in [1.82, 2.24) is 14.8 Å². The van der Waals surface area contributed by atoms with Crippen LogP contribution in [-0.2, 0) is 11.2 Å². The van der Waals surface area contributed by atoms with Gasteiger partial charge in [0.25, 0.3) is 0 Å². The second kappa shape index (κ2) is 13.8. The number of aryl methyl sites for hydroxylation is 1. The molecular weight excluding hydrogens is 740 g/mol. The lowest BCUT2D eigenvalue weighted by Crippen LogP contribution is -2.49. The third kappa shape index (κ3) is 6.10. The Morgan fingerprint density at radius 3 is 2.80 bits per heavy atom. The number of ether oxygens (including phenoxy) is 3. The number of hydrogen-bond acceptors (Lipinski definition) is 8. The van der Waals surface area contributed by atoms with Gasteiger partial charge < -0.3 is 29.5 Å². The molecule has 4 heterocycles. The van der Waals surface area contributed by atoms with Gasteiger partial charge in [-0.15, -0.1) is 0 Å². The van der Waals surface area contributed by atoms with Crippen LogP contribution in [0.3, 0.4) is 0 Å². The summed E-state index contributed by atoms with van der Waals surface area (Å²) in [6.45, 7) is 3.52. The van der Waals surface area contributed by atoms with Crippen LogP contribution in [-0.4, -0.2) is 84.3 Å². The second-order valence-electron chi connectivity index (χ2n) is 13.3. The predicted octanol–water partition coefficient (Wildman–Crippen LogP) is 7.26. The molecule has 2 bridgehead atoms. The topological polar surface area (TPSA) is 120 Å². The Morgan fingerprint density at radius 2 is 2.08 bits per heavy atom. The molecule has 1 amide bonds. The summed E-state index contributed by atoms with van der Waals surface area (Å²) in [5, 5.41) is 25.4.